The smallest absolute Gasteiger partial charge is 0.410 e. The van der Waals surface area contributed by atoms with Crippen LogP contribution in [0.15, 0.2) is 73.1 Å². The fourth-order valence-corrected chi connectivity index (χ4v) is 3.20. The van der Waals surface area contributed by atoms with Crippen LogP contribution in [0.4, 0.5) is 4.79 Å². The molecule has 0 radical (unpaired) electrons. The second-order valence-electron chi connectivity index (χ2n) is 7.14. The maximum atomic E-state index is 12.0. The number of primary amides is 1. The molecule has 0 saturated carbocycles. The van der Waals surface area contributed by atoms with Gasteiger partial charge in [0, 0.05) is 30.7 Å². The number of benzene rings is 2. The lowest BCUT2D eigenvalue weighted by molar-refractivity contribution is 0.100. The third kappa shape index (κ3) is 6.51. The Bertz CT molecular complexity index is 967. The zero-order chi connectivity index (χ0) is 21.2. The van der Waals surface area contributed by atoms with E-state index in [2.05, 4.69) is 29.6 Å². The third-order valence-corrected chi connectivity index (χ3v) is 4.81. The maximum Gasteiger partial charge on any atom is 0.412 e. The standard InChI is InChI=1S/C24H27N3O3/c25-23(28)20-14-16-27(18-20)21-12-8-13-22(17-21)30-24(29)26-15-7-2-1-4-9-19-10-5-3-6-11-19/h3,5-6,8,10-14,16-18H,1-2,4,7,9,15H2,(H2,25,28)(H,26,29). The second kappa shape index (κ2) is 10.9. The van der Waals surface area contributed by atoms with Gasteiger partial charge in [0.1, 0.15) is 5.75 Å². The number of carbonyl (C=O) groups excluding carboxylic acids is 2. The Hall–Kier alpha value is -3.54. The molecule has 0 bridgehead atoms. The number of nitrogens with zero attached hydrogens (tertiary/aromatic N) is 1. The molecule has 0 spiro atoms. The highest BCUT2D eigenvalue weighted by Crippen LogP contribution is 2.18. The van der Waals surface area contributed by atoms with Crippen molar-refractivity contribution in [2.45, 2.75) is 32.1 Å². The number of unbranched alkanes of at least 4 members (excludes halogenated alkanes) is 3. The lowest BCUT2D eigenvalue weighted by Crippen LogP contribution is -2.27. The molecule has 156 valence electrons. The Morgan fingerprint density at radius 1 is 0.933 bits per heavy atom. The zero-order valence-electron chi connectivity index (χ0n) is 16.9. The predicted molar refractivity (Wildman–Crippen MR) is 117 cm³/mol. The molecule has 1 aromatic heterocycles. The van der Waals surface area contributed by atoms with Crippen LogP contribution in [0.25, 0.3) is 5.69 Å². The molecule has 0 fully saturated rings. The molecule has 6 nitrogen and oxygen atoms in total. The summed E-state index contributed by atoms with van der Waals surface area (Å²) in [6, 6.07) is 19.2. The maximum absolute atomic E-state index is 12.0. The van der Waals surface area contributed by atoms with Crippen molar-refractivity contribution in [2.24, 2.45) is 5.73 Å². The molecule has 0 aliphatic heterocycles. The monoisotopic (exact) mass is 405 g/mol. The highest BCUT2D eigenvalue weighted by Gasteiger charge is 2.07. The molecule has 1 heterocycles. The van der Waals surface area contributed by atoms with Gasteiger partial charge < -0.3 is 20.4 Å². The number of carbonyl (C=O) groups is 2. The van der Waals surface area contributed by atoms with Gasteiger partial charge in [-0.15, -0.1) is 0 Å². The molecule has 0 aliphatic rings. The summed E-state index contributed by atoms with van der Waals surface area (Å²) in [7, 11) is 0. The van der Waals surface area contributed by atoms with Gasteiger partial charge in [0.15, 0.2) is 0 Å². The van der Waals surface area contributed by atoms with Gasteiger partial charge in [0.2, 0.25) is 5.91 Å². The summed E-state index contributed by atoms with van der Waals surface area (Å²) >= 11 is 0. The van der Waals surface area contributed by atoms with Gasteiger partial charge in [-0.05, 0) is 43.0 Å². The molecule has 6 heteroatoms. The summed E-state index contributed by atoms with van der Waals surface area (Å²) in [5.74, 6) is -0.0530. The van der Waals surface area contributed by atoms with E-state index in [0.717, 1.165) is 37.8 Å². The fourth-order valence-electron chi connectivity index (χ4n) is 3.20. The van der Waals surface area contributed by atoms with E-state index >= 15 is 0 Å². The molecule has 3 rings (SSSR count). The molecule has 0 unspecified atom stereocenters. The van der Waals surface area contributed by atoms with Crippen LogP contribution in [-0.4, -0.2) is 23.1 Å². The van der Waals surface area contributed by atoms with Crippen molar-refractivity contribution in [3.8, 4) is 11.4 Å². The first-order chi connectivity index (χ1) is 14.6. The van der Waals surface area contributed by atoms with E-state index in [4.69, 9.17) is 10.5 Å². The first-order valence-electron chi connectivity index (χ1n) is 10.2. The summed E-state index contributed by atoms with van der Waals surface area (Å²) in [5, 5.41) is 2.79. The van der Waals surface area contributed by atoms with Crippen LogP contribution in [0.5, 0.6) is 5.75 Å². The Labute approximate surface area is 176 Å². The number of amides is 2. The van der Waals surface area contributed by atoms with E-state index in [1.807, 2.05) is 12.1 Å². The van der Waals surface area contributed by atoms with E-state index in [9.17, 15) is 9.59 Å². The molecule has 3 aromatic rings. The van der Waals surface area contributed by atoms with Crippen molar-refractivity contribution in [2.75, 3.05) is 6.54 Å². The largest absolute Gasteiger partial charge is 0.412 e. The summed E-state index contributed by atoms with van der Waals surface area (Å²) in [5.41, 5.74) is 7.84. The summed E-state index contributed by atoms with van der Waals surface area (Å²) < 4.78 is 7.11. The van der Waals surface area contributed by atoms with E-state index in [0.29, 0.717) is 17.9 Å². The summed E-state index contributed by atoms with van der Waals surface area (Å²) in [4.78, 5) is 23.3. The zero-order valence-corrected chi connectivity index (χ0v) is 16.9. The van der Waals surface area contributed by atoms with Gasteiger partial charge in [-0.25, -0.2) is 4.79 Å². The van der Waals surface area contributed by atoms with Gasteiger partial charge in [0.05, 0.1) is 5.56 Å². The molecule has 30 heavy (non-hydrogen) atoms. The van der Waals surface area contributed by atoms with E-state index in [-0.39, 0.29) is 0 Å². The van der Waals surface area contributed by atoms with E-state index in [1.54, 1.807) is 41.2 Å². The summed E-state index contributed by atoms with van der Waals surface area (Å²) in [6.07, 6.45) is 8.27. The van der Waals surface area contributed by atoms with Gasteiger partial charge in [0.25, 0.3) is 0 Å². The number of rotatable bonds is 10. The minimum absolute atomic E-state index is 0.419. The van der Waals surface area contributed by atoms with Crippen molar-refractivity contribution in [3.63, 3.8) is 0 Å². The fraction of sp³-hybridized carbons (Fsp3) is 0.250. The Morgan fingerprint density at radius 3 is 2.50 bits per heavy atom. The van der Waals surface area contributed by atoms with Crippen molar-refractivity contribution < 1.29 is 14.3 Å². The molecule has 2 amide bonds. The number of nitrogens with one attached hydrogen (secondary N) is 1. The quantitative estimate of drug-likeness (QED) is 0.488. The molecule has 0 saturated heterocycles. The van der Waals surface area contributed by atoms with Crippen LogP contribution in [-0.2, 0) is 6.42 Å². The van der Waals surface area contributed by atoms with Crippen LogP contribution < -0.4 is 15.8 Å². The lowest BCUT2D eigenvalue weighted by atomic mass is 10.1. The lowest BCUT2D eigenvalue weighted by Gasteiger charge is -2.09. The highest BCUT2D eigenvalue weighted by molar-refractivity contribution is 5.92. The van der Waals surface area contributed by atoms with Gasteiger partial charge in [-0.1, -0.05) is 49.2 Å². The molecule has 0 atom stereocenters. The second-order valence-corrected chi connectivity index (χ2v) is 7.14. The van der Waals surface area contributed by atoms with Crippen molar-refractivity contribution >= 4 is 12.0 Å². The number of ether oxygens (including phenoxy) is 1. The van der Waals surface area contributed by atoms with Crippen molar-refractivity contribution in [1.82, 2.24) is 9.88 Å². The third-order valence-electron chi connectivity index (χ3n) is 4.81. The SMILES string of the molecule is NC(=O)c1ccn(-c2cccc(OC(=O)NCCCCCCc3ccccc3)c2)c1. The number of aryl methyl sites for hydroxylation is 1. The average Bonchev–Trinajstić information content (AvgIpc) is 3.25. The number of nitrogens with two attached hydrogens (primary N) is 1. The Balaban J connectivity index is 1.36. The minimum Gasteiger partial charge on any atom is -0.410 e. The topological polar surface area (TPSA) is 86.3 Å². The Kier molecular flexibility index (Phi) is 7.66. The number of hydrogen-bond acceptors (Lipinski definition) is 3. The minimum atomic E-state index is -0.486. The molecule has 0 aliphatic carbocycles. The van der Waals surface area contributed by atoms with E-state index < -0.39 is 12.0 Å². The normalized spacial score (nSPS) is 10.5. The molecular weight excluding hydrogens is 378 g/mol. The number of hydrogen-bond donors (Lipinski definition) is 2. The summed E-state index contributed by atoms with van der Waals surface area (Å²) in [6.45, 7) is 0.587. The highest BCUT2D eigenvalue weighted by atomic mass is 16.6. The first-order valence-corrected chi connectivity index (χ1v) is 10.2. The number of aromatic nitrogens is 1. The first kappa shape index (κ1) is 21.2. The van der Waals surface area contributed by atoms with Gasteiger partial charge >= 0.3 is 6.09 Å². The van der Waals surface area contributed by atoms with Crippen LogP contribution in [0.2, 0.25) is 0 Å². The van der Waals surface area contributed by atoms with Crippen LogP contribution in [0.1, 0.15) is 41.6 Å². The average molecular weight is 405 g/mol. The Morgan fingerprint density at radius 2 is 1.73 bits per heavy atom. The predicted octanol–water partition coefficient (Wildman–Crippen LogP) is 4.47. The molecule has 2 aromatic carbocycles. The van der Waals surface area contributed by atoms with Gasteiger partial charge in [-0.2, -0.15) is 0 Å². The molecular formula is C24H27N3O3. The molecule has 3 N–H and O–H groups in total. The van der Waals surface area contributed by atoms with Gasteiger partial charge in [-0.3, -0.25) is 4.79 Å². The van der Waals surface area contributed by atoms with Crippen LogP contribution in [0, 0.1) is 0 Å². The van der Waals surface area contributed by atoms with Crippen LogP contribution >= 0.6 is 0 Å². The van der Waals surface area contributed by atoms with Crippen molar-refractivity contribution in [3.05, 3.63) is 84.2 Å². The van der Waals surface area contributed by atoms with Crippen molar-refractivity contribution in [1.29, 1.82) is 0 Å². The van der Waals surface area contributed by atoms with Crippen LogP contribution in [0.3, 0.4) is 0 Å². The van der Waals surface area contributed by atoms with E-state index in [1.165, 1.54) is 5.56 Å².